The lowest BCUT2D eigenvalue weighted by molar-refractivity contribution is -0.131. The van der Waals surface area contributed by atoms with Gasteiger partial charge in [0.25, 0.3) is 0 Å². The van der Waals surface area contributed by atoms with Crippen molar-refractivity contribution in [1.29, 1.82) is 0 Å². The van der Waals surface area contributed by atoms with Crippen molar-refractivity contribution >= 4 is 5.91 Å². The largest absolute Gasteiger partial charge is 0.334 e. The number of nitrogens with zero attached hydrogens (tertiary/aromatic N) is 1. The summed E-state index contributed by atoms with van der Waals surface area (Å²) in [6.45, 7) is 2.61. The molecular formula is C15H19FN2O. The fourth-order valence-electron chi connectivity index (χ4n) is 2.76. The van der Waals surface area contributed by atoms with Crippen LogP contribution in [0.25, 0.3) is 0 Å². The number of nitrogens with one attached hydrogen (secondary N) is 1. The van der Waals surface area contributed by atoms with Gasteiger partial charge in [-0.15, -0.1) is 0 Å². The first-order valence-electron chi connectivity index (χ1n) is 6.98. The molecule has 1 N–H and O–H groups in total. The monoisotopic (exact) mass is 262 g/mol. The van der Waals surface area contributed by atoms with E-state index in [1.165, 1.54) is 18.9 Å². The second-order valence-electron chi connectivity index (χ2n) is 5.51. The second kappa shape index (κ2) is 4.93. The molecule has 4 heteroatoms. The van der Waals surface area contributed by atoms with Gasteiger partial charge in [-0.25, -0.2) is 4.39 Å². The zero-order valence-electron chi connectivity index (χ0n) is 11.1. The number of rotatable bonds is 4. The van der Waals surface area contributed by atoms with Crippen molar-refractivity contribution < 1.29 is 9.18 Å². The SMILES string of the molecule is CC(c1ccccc1F)N1CCC(NC2CC2)C1=O. The molecular weight excluding hydrogens is 243 g/mol. The molecule has 1 saturated carbocycles. The second-order valence-corrected chi connectivity index (χ2v) is 5.51. The summed E-state index contributed by atoms with van der Waals surface area (Å²) in [5.41, 5.74) is 0.600. The Morgan fingerprint density at radius 2 is 2.05 bits per heavy atom. The van der Waals surface area contributed by atoms with E-state index in [0.717, 1.165) is 6.42 Å². The number of carbonyl (C=O) groups excluding carboxylic acids is 1. The minimum Gasteiger partial charge on any atom is -0.334 e. The Morgan fingerprint density at radius 3 is 2.74 bits per heavy atom. The van der Waals surface area contributed by atoms with Crippen molar-refractivity contribution in [3.63, 3.8) is 0 Å². The van der Waals surface area contributed by atoms with E-state index in [0.29, 0.717) is 18.2 Å². The van der Waals surface area contributed by atoms with Gasteiger partial charge in [0.1, 0.15) is 5.82 Å². The minimum absolute atomic E-state index is 0.0678. The molecule has 1 aliphatic heterocycles. The van der Waals surface area contributed by atoms with E-state index < -0.39 is 0 Å². The molecule has 2 unspecified atom stereocenters. The Bertz CT molecular complexity index is 487. The minimum atomic E-state index is -0.235. The Hall–Kier alpha value is -1.42. The molecule has 2 fully saturated rings. The molecule has 102 valence electrons. The summed E-state index contributed by atoms with van der Waals surface area (Å²) < 4.78 is 13.8. The van der Waals surface area contributed by atoms with Gasteiger partial charge in [-0.05, 0) is 32.3 Å². The average Bonchev–Trinajstić information content (AvgIpc) is 3.14. The smallest absolute Gasteiger partial charge is 0.240 e. The number of halogens is 1. The zero-order chi connectivity index (χ0) is 13.4. The standard InChI is InChI=1S/C15H19FN2O/c1-10(12-4-2-3-5-13(12)16)18-9-8-14(15(18)19)17-11-6-7-11/h2-5,10-11,14,17H,6-9H2,1H3. The predicted octanol–water partition coefficient (Wildman–Crippen LogP) is 2.24. The molecule has 1 aliphatic carbocycles. The summed E-state index contributed by atoms with van der Waals surface area (Å²) >= 11 is 0. The molecule has 0 spiro atoms. The lowest BCUT2D eigenvalue weighted by atomic mass is 10.1. The van der Waals surface area contributed by atoms with E-state index >= 15 is 0 Å². The Balaban J connectivity index is 1.72. The maximum atomic E-state index is 13.8. The normalized spacial score (nSPS) is 24.8. The predicted molar refractivity (Wildman–Crippen MR) is 71.1 cm³/mol. The van der Waals surface area contributed by atoms with E-state index in [2.05, 4.69) is 5.32 Å². The van der Waals surface area contributed by atoms with E-state index in [1.54, 1.807) is 17.0 Å². The first-order valence-corrected chi connectivity index (χ1v) is 6.98. The van der Waals surface area contributed by atoms with Crippen LogP contribution >= 0.6 is 0 Å². The number of amides is 1. The first kappa shape index (κ1) is 12.6. The van der Waals surface area contributed by atoms with Gasteiger partial charge in [-0.3, -0.25) is 4.79 Å². The van der Waals surface area contributed by atoms with Crippen LogP contribution in [0.3, 0.4) is 0 Å². The van der Waals surface area contributed by atoms with Gasteiger partial charge >= 0.3 is 0 Å². The van der Waals surface area contributed by atoms with Crippen molar-refractivity contribution in [3.8, 4) is 0 Å². The van der Waals surface area contributed by atoms with Crippen LogP contribution in [-0.4, -0.2) is 29.4 Å². The molecule has 3 nitrogen and oxygen atoms in total. The Kier molecular flexibility index (Phi) is 3.27. The maximum absolute atomic E-state index is 13.8. The van der Waals surface area contributed by atoms with Crippen LogP contribution in [-0.2, 0) is 4.79 Å². The van der Waals surface area contributed by atoms with Crippen molar-refractivity contribution in [2.75, 3.05) is 6.54 Å². The van der Waals surface area contributed by atoms with E-state index in [1.807, 2.05) is 13.0 Å². The maximum Gasteiger partial charge on any atom is 0.240 e. The molecule has 3 rings (SSSR count). The van der Waals surface area contributed by atoms with Crippen molar-refractivity contribution in [3.05, 3.63) is 35.6 Å². The number of carbonyl (C=O) groups is 1. The van der Waals surface area contributed by atoms with Gasteiger partial charge in [-0.2, -0.15) is 0 Å². The van der Waals surface area contributed by atoms with Crippen LogP contribution in [0.2, 0.25) is 0 Å². The summed E-state index contributed by atoms with van der Waals surface area (Å²) in [7, 11) is 0. The van der Waals surface area contributed by atoms with Crippen molar-refractivity contribution in [2.24, 2.45) is 0 Å². The highest BCUT2D eigenvalue weighted by Crippen LogP contribution is 2.29. The Labute approximate surface area is 112 Å². The number of benzene rings is 1. The zero-order valence-corrected chi connectivity index (χ0v) is 11.1. The third-order valence-electron chi connectivity index (χ3n) is 4.08. The molecule has 19 heavy (non-hydrogen) atoms. The summed E-state index contributed by atoms with van der Waals surface area (Å²) in [6.07, 6.45) is 3.17. The third kappa shape index (κ3) is 2.50. The van der Waals surface area contributed by atoms with Crippen LogP contribution in [0.4, 0.5) is 4.39 Å². The highest BCUT2D eigenvalue weighted by molar-refractivity contribution is 5.84. The molecule has 1 aromatic rings. The Morgan fingerprint density at radius 1 is 1.32 bits per heavy atom. The van der Waals surface area contributed by atoms with Gasteiger partial charge in [0.15, 0.2) is 0 Å². The van der Waals surface area contributed by atoms with Gasteiger partial charge in [-0.1, -0.05) is 18.2 Å². The lowest BCUT2D eigenvalue weighted by Gasteiger charge is -2.25. The van der Waals surface area contributed by atoms with Gasteiger partial charge in [0, 0.05) is 18.2 Å². The number of hydrogen-bond acceptors (Lipinski definition) is 2. The molecule has 0 radical (unpaired) electrons. The van der Waals surface area contributed by atoms with Crippen molar-refractivity contribution in [1.82, 2.24) is 10.2 Å². The van der Waals surface area contributed by atoms with E-state index in [9.17, 15) is 9.18 Å². The van der Waals surface area contributed by atoms with E-state index in [-0.39, 0.29) is 23.8 Å². The molecule has 0 bridgehead atoms. The van der Waals surface area contributed by atoms with Crippen LogP contribution in [0, 0.1) is 5.82 Å². The fourth-order valence-corrected chi connectivity index (χ4v) is 2.76. The van der Waals surface area contributed by atoms with Gasteiger partial charge in [0.2, 0.25) is 5.91 Å². The van der Waals surface area contributed by atoms with Crippen LogP contribution in [0.1, 0.15) is 37.8 Å². The molecule has 1 amide bonds. The highest BCUT2D eigenvalue weighted by atomic mass is 19.1. The van der Waals surface area contributed by atoms with Crippen molar-refractivity contribution in [2.45, 2.75) is 44.3 Å². The topological polar surface area (TPSA) is 32.3 Å². The first-order chi connectivity index (χ1) is 9.16. The summed E-state index contributed by atoms with van der Waals surface area (Å²) in [5, 5.41) is 3.37. The van der Waals surface area contributed by atoms with Gasteiger partial charge < -0.3 is 10.2 Å². The van der Waals surface area contributed by atoms with Crippen LogP contribution < -0.4 is 5.32 Å². The summed E-state index contributed by atoms with van der Waals surface area (Å²) in [4.78, 5) is 14.1. The van der Waals surface area contributed by atoms with Crippen LogP contribution in [0.15, 0.2) is 24.3 Å². The molecule has 1 saturated heterocycles. The average molecular weight is 262 g/mol. The molecule has 1 heterocycles. The third-order valence-corrected chi connectivity index (χ3v) is 4.08. The number of hydrogen-bond donors (Lipinski definition) is 1. The molecule has 1 aromatic carbocycles. The lowest BCUT2D eigenvalue weighted by Crippen LogP contribution is -2.40. The molecule has 2 atom stereocenters. The summed E-state index contributed by atoms with van der Waals surface area (Å²) in [6, 6.07) is 6.96. The highest BCUT2D eigenvalue weighted by Gasteiger charge is 2.38. The quantitative estimate of drug-likeness (QED) is 0.902. The fraction of sp³-hybridized carbons (Fsp3) is 0.533. The van der Waals surface area contributed by atoms with Gasteiger partial charge in [0.05, 0.1) is 12.1 Å². The van der Waals surface area contributed by atoms with E-state index in [4.69, 9.17) is 0 Å². The number of likely N-dealkylation sites (tertiary alicyclic amines) is 1. The van der Waals surface area contributed by atoms with Crippen LogP contribution in [0.5, 0.6) is 0 Å². The molecule has 0 aromatic heterocycles. The summed E-state index contributed by atoms with van der Waals surface area (Å²) in [5.74, 6) is -0.121. The molecule has 2 aliphatic rings.